The summed E-state index contributed by atoms with van der Waals surface area (Å²) in [5.74, 6) is 0.823. The molecule has 2 amide bonds. The van der Waals surface area contributed by atoms with Crippen LogP contribution < -0.4 is 16.0 Å². The van der Waals surface area contributed by atoms with Crippen molar-refractivity contribution in [2.75, 3.05) is 43.4 Å². The first-order valence-corrected chi connectivity index (χ1v) is 12.6. The largest absolute Gasteiger partial charge is 0.370 e. The van der Waals surface area contributed by atoms with E-state index in [0.29, 0.717) is 17.9 Å². The van der Waals surface area contributed by atoms with Gasteiger partial charge >= 0.3 is 0 Å². The summed E-state index contributed by atoms with van der Waals surface area (Å²) in [5, 5.41) is 13.4. The maximum absolute atomic E-state index is 13.0. The van der Waals surface area contributed by atoms with E-state index in [1.165, 1.54) is 30.4 Å². The van der Waals surface area contributed by atoms with E-state index in [1.54, 1.807) is 31.6 Å². The van der Waals surface area contributed by atoms with E-state index in [-0.39, 0.29) is 17.3 Å². The molecule has 0 bridgehead atoms. The zero-order valence-corrected chi connectivity index (χ0v) is 20.5. The van der Waals surface area contributed by atoms with Crippen molar-refractivity contribution in [2.45, 2.75) is 25.7 Å². The molecule has 1 saturated carbocycles. The summed E-state index contributed by atoms with van der Waals surface area (Å²) in [6.45, 7) is 4.42. The highest BCUT2D eigenvalue weighted by Crippen LogP contribution is 2.29. The maximum Gasteiger partial charge on any atom is 0.274 e. The highest BCUT2D eigenvalue weighted by molar-refractivity contribution is 6.07. The lowest BCUT2D eigenvalue weighted by atomic mass is 10.1. The van der Waals surface area contributed by atoms with Gasteiger partial charge in [-0.2, -0.15) is 5.10 Å². The molecule has 3 aromatic rings. The second-order valence-corrected chi connectivity index (χ2v) is 9.49. The number of anilines is 2. The molecule has 3 aromatic heterocycles. The van der Waals surface area contributed by atoms with Gasteiger partial charge in [-0.15, -0.1) is 0 Å². The molecule has 5 rings (SSSR count). The van der Waals surface area contributed by atoms with Crippen LogP contribution in [-0.2, 0) is 7.05 Å². The first-order chi connectivity index (χ1) is 17.5. The van der Waals surface area contributed by atoms with Crippen molar-refractivity contribution in [3.8, 4) is 11.3 Å². The molecular weight excluding hydrogens is 456 g/mol. The Bertz CT molecular complexity index is 1230. The van der Waals surface area contributed by atoms with E-state index in [1.807, 2.05) is 18.2 Å². The highest BCUT2D eigenvalue weighted by atomic mass is 16.2. The van der Waals surface area contributed by atoms with E-state index in [2.05, 4.69) is 35.9 Å². The van der Waals surface area contributed by atoms with Crippen molar-refractivity contribution in [3.05, 3.63) is 54.1 Å². The molecule has 4 heterocycles. The molecule has 0 aromatic carbocycles. The Labute approximate surface area is 210 Å². The van der Waals surface area contributed by atoms with Crippen LogP contribution >= 0.6 is 0 Å². The minimum Gasteiger partial charge on any atom is -0.370 e. The molecule has 188 valence electrons. The Morgan fingerprint density at radius 1 is 1.11 bits per heavy atom. The second-order valence-electron chi connectivity index (χ2n) is 9.49. The van der Waals surface area contributed by atoms with Crippen molar-refractivity contribution >= 4 is 23.3 Å². The number of hydrogen-bond donors (Lipinski definition) is 3. The Morgan fingerprint density at radius 2 is 1.94 bits per heavy atom. The van der Waals surface area contributed by atoms with Gasteiger partial charge in [-0.05, 0) is 69.0 Å². The molecule has 0 spiro atoms. The first kappa shape index (κ1) is 23.9. The first-order valence-electron chi connectivity index (χ1n) is 12.6. The zero-order valence-electron chi connectivity index (χ0n) is 20.5. The van der Waals surface area contributed by atoms with Crippen molar-refractivity contribution in [1.82, 2.24) is 30.0 Å². The molecule has 0 unspecified atom stereocenters. The number of carbonyl (C=O) groups excluding carboxylic acids is 2. The summed E-state index contributed by atoms with van der Waals surface area (Å²) in [5.41, 5.74) is 2.33. The molecule has 1 aliphatic heterocycles. The Hall–Kier alpha value is -3.79. The smallest absolute Gasteiger partial charge is 0.274 e. The molecule has 3 N–H and O–H groups in total. The monoisotopic (exact) mass is 488 g/mol. The minimum absolute atomic E-state index is 0.184. The van der Waals surface area contributed by atoms with Crippen LogP contribution in [-0.4, -0.2) is 69.2 Å². The van der Waals surface area contributed by atoms with Gasteiger partial charge in [0.25, 0.3) is 11.8 Å². The standard InChI is InChI=1S/C26H32N8O2/c1-33-17-22(24(32-33)26(36)28-11-14-34-12-2-3-13-34)31-25(35)21-6-4-5-20(30-21)19-9-10-27-23(15-19)29-16-18-7-8-18/h4-6,9-10,15,17-18H,2-3,7-8,11-14,16H2,1H3,(H,27,29)(H,28,36)(H,31,35). The maximum atomic E-state index is 13.0. The predicted octanol–water partition coefficient (Wildman–Crippen LogP) is 2.78. The predicted molar refractivity (Wildman–Crippen MR) is 138 cm³/mol. The van der Waals surface area contributed by atoms with Crippen molar-refractivity contribution in [3.63, 3.8) is 0 Å². The van der Waals surface area contributed by atoms with Crippen LogP contribution in [0.2, 0.25) is 0 Å². The van der Waals surface area contributed by atoms with E-state index in [0.717, 1.165) is 43.5 Å². The SMILES string of the molecule is Cn1cc(NC(=O)c2cccc(-c3ccnc(NCC4CC4)c3)n2)c(C(=O)NCCN2CCCC2)n1. The molecule has 36 heavy (non-hydrogen) atoms. The Balaban J connectivity index is 1.24. The number of likely N-dealkylation sites (tertiary alicyclic amines) is 1. The fourth-order valence-corrected chi connectivity index (χ4v) is 4.33. The van der Waals surface area contributed by atoms with Crippen LogP contribution in [0.4, 0.5) is 11.5 Å². The quantitative estimate of drug-likeness (QED) is 0.402. The minimum atomic E-state index is -0.405. The summed E-state index contributed by atoms with van der Waals surface area (Å²) in [4.78, 5) is 37.1. The molecule has 0 radical (unpaired) electrons. The van der Waals surface area contributed by atoms with Crippen LogP contribution in [0, 0.1) is 5.92 Å². The average molecular weight is 489 g/mol. The fourth-order valence-electron chi connectivity index (χ4n) is 4.33. The van der Waals surface area contributed by atoms with Gasteiger partial charge in [-0.3, -0.25) is 14.3 Å². The normalized spacial score (nSPS) is 15.6. The van der Waals surface area contributed by atoms with E-state index >= 15 is 0 Å². The molecule has 1 saturated heterocycles. The van der Waals surface area contributed by atoms with Crippen LogP contribution in [0.3, 0.4) is 0 Å². The lowest BCUT2D eigenvalue weighted by Crippen LogP contribution is -2.34. The molecule has 2 aliphatic rings. The number of rotatable bonds is 10. The van der Waals surface area contributed by atoms with Crippen molar-refractivity contribution < 1.29 is 9.59 Å². The molecule has 10 heteroatoms. The summed E-state index contributed by atoms with van der Waals surface area (Å²) < 4.78 is 1.52. The Kier molecular flexibility index (Phi) is 7.22. The van der Waals surface area contributed by atoms with Crippen LogP contribution in [0.25, 0.3) is 11.3 Å². The number of nitrogens with zero attached hydrogens (tertiary/aromatic N) is 5. The van der Waals surface area contributed by atoms with Gasteiger partial charge in [0.05, 0.1) is 11.4 Å². The van der Waals surface area contributed by atoms with Gasteiger partial charge < -0.3 is 20.9 Å². The molecule has 0 atom stereocenters. The number of aromatic nitrogens is 4. The van der Waals surface area contributed by atoms with Gasteiger partial charge in [-0.25, -0.2) is 9.97 Å². The van der Waals surface area contributed by atoms with Gasteiger partial charge in [0, 0.05) is 44.6 Å². The van der Waals surface area contributed by atoms with Crippen molar-refractivity contribution in [1.29, 1.82) is 0 Å². The fraction of sp³-hybridized carbons (Fsp3) is 0.423. The highest BCUT2D eigenvalue weighted by Gasteiger charge is 2.21. The third kappa shape index (κ3) is 6.06. The number of nitrogens with one attached hydrogen (secondary N) is 3. The van der Waals surface area contributed by atoms with E-state index in [9.17, 15) is 9.59 Å². The van der Waals surface area contributed by atoms with Gasteiger partial charge in [0.1, 0.15) is 11.5 Å². The summed E-state index contributed by atoms with van der Waals surface area (Å²) >= 11 is 0. The van der Waals surface area contributed by atoms with Crippen LogP contribution in [0.1, 0.15) is 46.7 Å². The third-order valence-electron chi connectivity index (χ3n) is 6.51. The van der Waals surface area contributed by atoms with Crippen molar-refractivity contribution in [2.24, 2.45) is 13.0 Å². The third-order valence-corrected chi connectivity index (χ3v) is 6.51. The summed E-state index contributed by atoms with van der Waals surface area (Å²) in [7, 11) is 1.72. The van der Waals surface area contributed by atoms with Gasteiger partial charge in [0.15, 0.2) is 5.69 Å². The number of carbonyl (C=O) groups is 2. The van der Waals surface area contributed by atoms with E-state index in [4.69, 9.17) is 0 Å². The van der Waals surface area contributed by atoms with Gasteiger partial charge in [-0.1, -0.05) is 6.07 Å². The molecule has 1 aliphatic carbocycles. The zero-order chi connectivity index (χ0) is 24.9. The molecular formula is C26H32N8O2. The topological polar surface area (TPSA) is 117 Å². The summed E-state index contributed by atoms with van der Waals surface area (Å²) in [6.07, 6.45) is 8.31. The lowest BCUT2D eigenvalue weighted by molar-refractivity contribution is 0.0945. The number of hydrogen-bond acceptors (Lipinski definition) is 7. The van der Waals surface area contributed by atoms with E-state index < -0.39 is 5.91 Å². The van der Waals surface area contributed by atoms with Gasteiger partial charge in [0.2, 0.25) is 0 Å². The molecule has 2 fully saturated rings. The van der Waals surface area contributed by atoms with Crippen LogP contribution in [0.15, 0.2) is 42.7 Å². The average Bonchev–Trinajstić information content (AvgIpc) is 3.44. The number of amides is 2. The number of aryl methyl sites for hydroxylation is 1. The Morgan fingerprint density at radius 3 is 2.75 bits per heavy atom. The second kappa shape index (κ2) is 10.9. The number of pyridine rings is 2. The summed E-state index contributed by atoms with van der Waals surface area (Å²) in [6, 6.07) is 9.12. The lowest BCUT2D eigenvalue weighted by Gasteiger charge is -2.14. The van der Waals surface area contributed by atoms with Crippen LogP contribution in [0.5, 0.6) is 0 Å². The molecule has 10 nitrogen and oxygen atoms in total.